The van der Waals surface area contributed by atoms with Crippen LogP contribution in [-0.2, 0) is 16.0 Å². The number of methoxy groups -OCH3 is 2. The van der Waals surface area contributed by atoms with Crippen molar-refractivity contribution in [2.45, 2.75) is 31.9 Å². The van der Waals surface area contributed by atoms with E-state index in [-0.39, 0.29) is 18.2 Å². The van der Waals surface area contributed by atoms with Crippen LogP contribution in [0.2, 0.25) is 0 Å². The second-order valence-corrected chi connectivity index (χ2v) is 8.54. The lowest BCUT2D eigenvalue weighted by Gasteiger charge is -2.10. The van der Waals surface area contributed by atoms with Gasteiger partial charge in [0.05, 0.1) is 19.9 Å². The number of rotatable bonds is 8. The summed E-state index contributed by atoms with van der Waals surface area (Å²) in [5, 5.41) is 5.70. The Balaban J connectivity index is 1.50. The first-order valence-corrected chi connectivity index (χ1v) is 10.9. The van der Waals surface area contributed by atoms with Crippen molar-refractivity contribution >= 4 is 34.4 Å². The van der Waals surface area contributed by atoms with Gasteiger partial charge in [0, 0.05) is 13.0 Å². The number of amidine groups is 1. The van der Waals surface area contributed by atoms with Crippen molar-refractivity contribution in [2.24, 2.45) is 4.99 Å². The summed E-state index contributed by atoms with van der Waals surface area (Å²) in [6.45, 7) is 4.48. The Bertz CT molecular complexity index is 986. The van der Waals surface area contributed by atoms with Crippen LogP contribution in [0.5, 0.6) is 11.5 Å². The van der Waals surface area contributed by atoms with Crippen LogP contribution in [-0.4, -0.2) is 43.0 Å². The molecule has 8 heteroatoms. The molecular formula is C23H27N3O4S. The summed E-state index contributed by atoms with van der Waals surface area (Å²) in [5.41, 5.74) is 4.03. The number of hydrogen-bond donors (Lipinski definition) is 2. The van der Waals surface area contributed by atoms with Crippen molar-refractivity contribution in [1.29, 1.82) is 0 Å². The summed E-state index contributed by atoms with van der Waals surface area (Å²) in [6.07, 6.45) is 0.754. The molecule has 1 fully saturated rings. The number of hydrogen-bond acceptors (Lipinski definition) is 6. The molecular weight excluding hydrogens is 414 g/mol. The molecule has 3 rings (SSSR count). The van der Waals surface area contributed by atoms with Crippen LogP contribution in [0, 0.1) is 13.8 Å². The number of thioether (sulfide) groups is 1. The average Bonchev–Trinajstić information content (AvgIpc) is 3.05. The highest BCUT2D eigenvalue weighted by Crippen LogP contribution is 2.28. The first-order valence-electron chi connectivity index (χ1n) is 10.00. The smallest absolute Gasteiger partial charge is 0.240 e. The fourth-order valence-corrected chi connectivity index (χ4v) is 4.34. The number of nitrogens with one attached hydrogen (secondary N) is 2. The molecule has 2 aromatic rings. The van der Waals surface area contributed by atoms with E-state index in [2.05, 4.69) is 21.7 Å². The second-order valence-electron chi connectivity index (χ2n) is 7.35. The quantitative estimate of drug-likeness (QED) is 0.656. The van der Waals surface area contributed by atoms with E-state index >= 15 is 0 Å². The molecule has 0 aromatic heterocycles. The molecule has 0 radical (unpaired) electrons. The summed E-state index contributed by atoms with van der Waals surface area (Å²) in [4.78, 5) is 29.1. The van der Waals surface area contributed by atoms with Gasteiger partial charge in [-0.25, -0.2) is 4.99 Å². The van der Waals surface area contributed by atoms with E-state index in [1.807, 2.05) is 44.2 Å². The number of aliphatic imine (C=N–C) groups is 1. The van der Waals surface area contributed by atoms with Crippen LogP contribution in [0.4, 0.5) is 5.69 Å². The van der Waals surface area contributed by atoms with E-state index < -0.39 is 5.25 Å². The Morgan fingerprint density at radius 1 is 1.10 bits per heavy atom. The lowest BCUT2D eigenvalue weighted by Crippen LogP contribution is -2.32. The number of carbonyl (C=O) groups excluding carboxylic acids is 2. The third-order valence-corrected chi connectivity index (χ3v) is 5.85. The fourth-order valence-electron chi connectivity index (χ4n) is 3.35. The van der Waals surface area contributed by atoms with Crippen LogP contribution in [0.25, 0.3) is 0 Å². The molecule has 0 unspecified atom stereocenters. The van der Waals surface area contributed by atoms with E-state index in [9.17, 15) is 9.59 Å². The van der Waals surface area contributed by atoms with E-state index in [1.165, 1.54) is 11.8 Å². The summed E-state index contributed by atoms with van der Waals surface area (Å²) < 4.78 is 10.5. The number of aryl methyl sites for hydroxylation is 2. The SMILES string of the molecule is COc1ccc(CCNC(=O)C[C@H]2SC(=Nc3cc(C)cc(C)c3)NC2=O)cc1OC. The molecule has 1 saturated heterocycles. The average molecular weight is 442 g/mol. The maximum Gasteiger partial charge on any atom is 0.240 e. The van der Waals surface area contributed by atoms with Gasteiger partial charge in [0.2, 0.25) is 11.8 Å². The highest BCUT2D eigenvalue weighted by atomic mass is 32.2. The normalized spacial score (nSPS) is 16.8. The van der Waals surface area contributed by atoms with Crippen molar-refractivity contribution in [3.8, 4) is 11.5 Å². The highest BCUT2D eigenvalue weighted by molar-refractivity contribution is 8.15. The maximum atomic E-state index is 12.3. The number of carbonyl (C=O) groups is 2. The zero-order valence-corrected chi connectivity index (χ0v) is 19.0. The summed E-state index contributed by atoms with van der Waals surface area (Å²) in [5.74, 6) is 0.961. The monoisotopic (exact) mass is 441 g/mol. The molecule has 2 aromatic carbocycles. The zero-order valence-electron chi connectivity index (χ0n) is 18.2. The van der Waals surface area contributed by atoms with Crippen LogP contribution in [0.1, 0.15) is 23.1 Å². The Morgan fingerprint density at radius 3 is 2.48 bits per heavy atom. The van der Waals surface area contributed by atoms with Gasteiger partial charge in [-0.2, -0.15) is 0 Å². The predicted molar refractivity (Wildman–Crippen MR) is 123 cm³/mol. The van der Waals surface area contributed by atoms with Crippen molar-refractivity contribution in [3.05, 3.63) is 53.1 Å². The van der Waals surface area contributed by atoms with Gasteiger partial charge in [-0.1, -0.05) is 23.9 Å². The number of benzene rings is 2. The van der Waals surface area contributed by atoms with Crippen molar-refractivity contribution in [3.63, 3.8) is 0 Å². The molecule has 1 aliphatic rings. The van der Waals surface area contributed by atoms with Crippen LogP contribution < -0.4 is 20.1 Å². The molecule has 0 saturated carbocycles. The molecule has 31 heavy (non-hydrogen) atoms. The van der Waals surface area contributed by atoms with Gasteiger partial charge in [-0.15, -0.1) is 0 Å². The first kappa shape index (κ1) is 22.7. The Labute approximate surface area is 186 Å². The highest BCUT2D eigenvalue weighted by Gasteiger charge is 2.32. The van der Waals surface area contributed by atoms with Crippen LogP contribution >= 0.6 is 11.8 Å². The summed E-state index contributed by atoms with van der Waals surface area (Å²) in [6, 6.07) is 11.7. The van der Waals surface area contributed by atoms with Gasteiger partial charge in [0.15, 0.2) is 16.7 Å². The minimum atomic E-state index is -0.481. The lowest BCUT2D eigenvalue weighted by molar-refractivity contribution is -0.125. The van der Waals surface area contributed by atoms with Gasteiger partial charge >= 0.3 is 0 Å². The van der Waals surface area contributed by atoms with Gasteiger partial charge < -0.3 is 20.1 Å². The molecule has 2 N–H and O–H groups in total. The minimum Gasteiger partial charge on any atom is -0.493 e. The van der Waals surface area contributed by atoms with E-state index in [1.54, 1.807) is 14.2 Å². The van der Waals surface area contributed by atoms with Crippen molar-refractivity contribution in [2.75, 3.05) is 20.8 Å². The van der Waals surface area contributed by atoms with Gasteiger partial charge in [-0.05, 0) is 61.2 Å². The van der Waals surface area contributed by atoms with Crippen molar-refractivity contribution < 1.29 is 19.1 Å². The molecule has 2 amide bonds. The van der Waals surface area contributed by atoms with E-state index in [4.69, 9.17) is 9.47 Å². The minimum absolute atomic E-state index is 0.105. The van der Waals surface area contributed by atoms with Gasteiger partial charge in [0.25, 0.3) is 0 Å². The molecule has 7 nitrogen and oxygen atoms in total. The van der Waals surface area contributed by atoms with E-state index in [0.717, 1.165) is 22.4 Å². The fraction of sp³-hybridized carbons (Fsp3) is 0.348. The topological polar surface area (TPSA) is 89.0 Å². The maximum absolute atomic E-state index is 12.3. The standard InChI is InChI=1S/C23H27N3O4S/c1-14-9-15(2)11-17(10-14)25-23-26-22(28)20(31-23)13-21(27)24-8-7-16-5-6-18(29-3)19(12-16)30-4/h5-6,9-12,20H,7-8,13H2,1-4H3,(H,24,27)(H,25,26,28)/t20-/m1/s1. The Kier molecular flexibility index (Phi) is 7.57. The summed E-state index contributed by atoms with van der Waals surface area (Å²) in [7, 11) is 3.18. The first-order chi connectivity index (χ1) is 14.9. The molecule has 0 bridgehead atoms. The number of amides is 2. The second kappa shape index (κ2) is 10.3. The predicted octanol–water partition coefficient (Wildman–Crippen LogP) is 3.29. The van der Waals surface area contributed by atoms with Crippen LogP contribution in [0.3, 0.4) is 0 Å². The zero-order chi connectivity index (χ0) is 22.4. The third kappa shape index (κ3) is 6.24. The Hall–Kier alpha value is -3.00. The number of ether oxygens (including phenoxy) is 2. The van der Waals surface area contributed by atoms with Gasteiger partial charge in [-0.3, -0.25) is 9.59 Å². The number of nitrogens with zero attached hydrogens (tertiary/aromatic N) is 1. The molecule has 0 aliphatic carbocycles. The van der Waals surface area contributed by atoms with Crippen LogP contribution in [0.15, 0.2) is 41.4 Å². The molecule has 1 heterocycles. The third-order valence-electron chi connectivity index (χ3n) is 4.77. The summed E-state index contributed by atoms with van der Waals surface area (Å²) >= 11 is 1.29. The van der Waals surface area contributed by atoms with E-state index in [0.29, 0.717) is 29.6 Å². The largest absolute Gasteiger partial charge is 0.493 e. The molecule has 1 aliphatic heterocycles. The lowest BCUT2D eigenvalue weighted by atomic mass is 10.1. The molecule has 1 atom stereocenters. The molecule has 0 spiro atoms. The van der Waals surface area contributed by atoms with Gasteiger partial charge in [0.1, 0.15) is 5.25 Å². The molecule has 164 valence electrons. The Morgan fingerprint density at radius 2 is 1.81 bits per heavy atom. The van der Waals surface area contributed by atoms with Crippen molar-refractivity contribution in [1.82, 2.24) is 10.6 Å².